The average Bonchev–Trinajstić information content (AvgIpc) is 3.43. The molecule has 1 atom stereocenters. The number of likely N-dealkylation sites (tertiary alicyclic amines) is 1. The smallest absolute Gasteiger partial charge is 0.265 e. The van der Waals surface area contributed by atoms with Crippen molar-refractivity contribution in [3.05, 3.63) is 40.9 Å². The first kappa shape index (κ1) is 21.0. The Labute approximate surface area is 181 Å². The molecule has 0 aliphatic carbocycles. The number of rotatable bonds is 6. The van der Waals surface area contributed by atoms with Gasteiger partial charge < -0.3 is 15.0 Å². The van der Waals surface area contributed by atoms with Gasteiger partial charge in [0.05, 0.1) is 11.8 Å². The molecular formula is C23H29N3O3S. The standard InChI is InChI=1S/C23H29N3O3S/c1-16-21(30-22(25-16)18-6-3-2-4-7-18)23(28)26-11-9-17(10-12-26)14-20(27)24-15-19-8-5-13-29-19/h2-4,6-7,17,19H,5,8-15H2,1H3,(H,24,27). The van der Waals surface area contributed by atoms with Crippen LogP contribution in [0.3, 0.4) is 0 Å². The number of carbonyl (C=O) groups is 2. The van der Waals surface area contributed by atoms with Crippen LogP contribution in [0.4, 0.5) is 0 Å². The zero-order valence-corrected chi connectivity index (χ0v) is 18.2. The number of benzene rings is 1. The third-order valence-electron chi connectivity index (χ3n) is 5.94. The lowest BCUT2D eigenvalue weighted by Gasteiger charge is -2.31. The fraction of sp³-hybridized carbons (Fsp3) is 0.522. The van der Waals surface area contributed by atoms with Gasteiger partial charge in [0.25, 0.3) is 5.91 Å². The van der Waals surface area contributed by atoms with Crippen LogP contribution in [-0.4, -0.2) is 54.0 Å². The van der Waals surface area contributed by atoms with Gasteiger partial charge in [0.2, 0.25) is 5.91 Å². The van der Waals surface area contributed by atoms with Crippen LogP contribution in [0.25, 0.3) is 10.6 Å². The van der Waals surface area contributed by atoms with Crippen molar-refractivity contribution in [1.82, 2.24) is 15.2 Å². The molecule has 2 aliphatic heterocycles. The molecule has 4 rings (SSSR count). The molecule has 0 bridgehead atoms. The molecule has 2 aromatic rings. The van der Waals surface area contributed by atoms with Crippen LogP contribution >= 0.6 is 11.3 Å². The maximum Gasteiger partial charge on any atom is 0.265 e. The highest BCUT2D eigenvalue weighted by atomic mass is 32.1. The van der Waals surface area contributed by atoms with Crippen LogP contribution in [0.15, 0.2) is 30.3 Å². The van der Waals surface area contributed by atoms with E-state index in [1.54, 1.807) is 0 Å². The van der Waals surface area contributed by atoms with Gasteiger partial charge >= 0.3 is 0 Å². The molecule has 2 fully saturated rings. The number of aromatic nitrogens is 1. The summed E-state index contributed by atoms with van der Waals surface area (Å²) in [4.78, 5) is 32.5. The minimum absolute atomic E-state index is 0.0634. The molecular weight excluding hydrogens is 398 g/mol. The highest BCUT2D eigenvalue weighted by Crippen LogP contribution is 2.30. The molecule has 6 nitrogen and oxygen atoms in total. The van der Waals surface area contributed by atoms with Gasteiger partial charge in [-0.2, -0.15) is 0 Å². The summed E-state index contributed by atoms with van der Waals surface area (Å²) in [5.41, 5.74) is 1.83. The van der Waals surface area contributed by atoms with Crippen molar-refractivity contribution in [1.29, 1.82) is 0 Å². The molecule has 2 amide bonds. The Morgan fingerprint density at radius 3 is 2.67 bits per heavy atom. The Kier molecular flexibility index (Phi) is 6.79. The molecule has 3 heterocycles. The predicted octanol–water partition coefficient (Wildman–Crippen LogP) is 3.66. The lowest BCUT2D eigenvalue weighted by Crippen LogP contribution is -2.40. The van der Waals surface area contributed by atoms with Crippen LogP contribution in [0.5, 0.6) is 0 Å². The van der Waals surface area contributed by atoms with E-state index in [2.05, 4.69) is 10.3 Å². The summed E-state index contributed by atoms with van der Waals surface area (Å²) in [5, 5.41) is 3.89. The fourth-order valence-corrected chi connectivity index (χ4v) is 5.19. The number of thiazole rings is 1. The number of aryl methyl sites for hydroxylation is 1. The minimum atomic E-state index is 0.0634. The highest BCUT2D eigenvalue weighted by Gasteiger charge is 2.28. The summed E-state index contributed by atoms with van der Waals surface area (Å²) in [6.45, 7) is 4.71. The summed E-state index contributed by atoms with van der Waals surface area (Å²) >= 11 is 1.47. The molecule has 30 heavy (non-hydrogen) atoms. The highest BCUT2D eigenvalue weighted by molar-refractivity contribution is 7.17. The summed E-state index contributed by atoms with van der Waals surface area (Å²) < 4.78 is 5.55. The van der Waals surface area contributed by atoms with Crippen LogP contribution < -0.4 is 5.32 Å². The van der Waals surface area contributed by atoms with E-state index < -0.39 is 0 Å². The Hall–Kier alpha value is -2.25. The summed E-state index contributed by atoms with van der Waals surface area (Å²) in [5.74, 6) is 0.496. The first-order valence-corrected chi connectivity index (χ1v) is 11.6. The summed E-state index contributed by atoms with van der Waals surface area (Å²) in [6, 6.07) is 9.97. The van der Waals surface area contributed by atoms with Gasteiger partial charge in [-0.25, -0.2) is 4.98 Å². The second-order valence-electron chi connectivity index (χ2n) is 8.18. The van der Waals surface area contributed by atoms with Crippen LogP contribution in [0.1, 0.15) is 47.5 Å². The van der Waals surface area contributed by atoms with Crippen LogP contribution in [0.2, 0.25) is 0 Å². The number of ether oxygens (including phenoxy) is 1. The zero-order chi connectivity index (χ0) is 20.9. The number of piperidine rings is 1. The SMILES string of the molecule is Cc1nc(-c2ccccc2)sc1C(=O)N1CCC(CC(=O)NCC2CCCO2)CC1. The molecule has 160 valence electrons. The van der Waals surface area contributed by atoms with Crippen molar-refractivity contribution in [2.75, 3.05) is 26.2 Å². The first-order valence-electron chi connectivity index (χ1n) is 10.8. The van der Waals surface area contributed by atoms with E-state index in [9.17, 15) is 9.59 Å². The second-order valence-corrected chi connectivity index (χ2v) is 9.18. The van der Waals surface area contributed by atoms with Gasteiger partial charge in [-0.1, -0.05) is 30.3 Å². The fourth-order valence-electron chi connectivity index (χ4n) is 4.15. The minimum Gasteiger partial charge on any atom is -0.376 e. The third kappa shape index (κ3) is 5.08. The van der Waals surface area contributed by atoms with E-state index in [0.717, 1.165) is 53.4 Å². The van der Waals surface area contributed by atoms with E-state index in [0.29, 0.717) is 32.0 Å². The number of amides is 2. The Morgan fingerprint density at radius 1 is 1.20 bits per heavy atom. The second kappa shape index (κ2) is 9.71. The molecule has 0 saturated carbocycles. The molecule has 0 radical (unpaired) electrons. The lowest BCUT2D eigenvalue weighted by molar-refractivity contribution is -0.122. The normalized spacial score (nSPS) is 19.8. The quantitative estimate of drug-likeness (QED) is 0.764. The predicted molar refractivity (Wildman–Crippen MR) is 118 cm³/mol. The van der Waals surface area contributed by atoms with E-state index in [-0.39, 0.29) is 17.9 Å². The molecule has 7 heteroatoms. The molecule has 1 unspecified atom stereocenters. The topological polar surface area (TPSA) is 71.5 Å². The van der Waals surface area contributed by atoms with E-state index in [4.69, 9.17) is 4.74 Å². The third-order valence-corrected chi connectivity index (χ3v) is 7.13. The Balaban J connectivity index is 1.27. The maximum absolute atomic E-state index is 13.0. The zero-order valence-electron chi connectivity index (χ0n) is 17.4. The molecule has 2 saturated heterocycles. The number of carbonyl (C=O) groups excluding carboxylic acids is 2. The van der Waals surface area contributed by atoms with Crippen molar-refractivity contribution >= 4 is 23.2 Å². The van der Waals surface area contributed by atoms with E-state index in [1.807, 2.05) is 42.2 Å². The molecule has 1 aromatic carbocycles. The van der Waals surface area contributed by atoms with Gasteiger partial charge in [-0.15, -0.1) is 11.3 Å². The van der Waals surface area contributed by atoms with Crippen LogP contribution in [-0.2, 0) is 9.53 Å². The number of nitrogens with zero attached hydrogens (tertiary/aromatic N) is 2. The Bertz CT molecular complexity index is 869. The van der Waals surface area contributed by atoms with Gasteiger partial charge in [0, 0.05) is 38.2 Å². The van der Waals surface area contributed by atoms with E-state index >= 15 is 0 Å². The monoisotopic (exact) mass is 427 g/mol. The summed E-state index contributed by atoms with van der Waals surface area (Å²) in [6.07, 6.45) is 4.55. The van der Waals surface area contributed by atoms with Crippen molar-refractivity contribution in [3.8, 4) is 10.6 Å². The number of hydrogen-bond acceptors (Lipinski definition) is 5. The molecule has 2 aliphatic rings. The van der Waals surface area contributed by atoms with Gasteiger partial charge in [0.1, 0.15) is 9.88 Å². The Morgan fingerprint density at radius 2 is 1.97 bits per heavy atom. The largest absolute Gasteiger partial charge is 0.376 e. The molecule has 1 aromatic heterocycles. The number of hydrogen-bond donors (Lipinski definition) is 1. The van der Waals surface area contributed by atoms with E-state index in [1.165, 1.54) is 11.3 Å². The molecule has 0 spiro atoms. The van der Waals surface area contributed by atoms with Gasteiger partial charge in [-0.3, -0.25) is 9.59 Å². The first-order chi connectivity index (χ1) is 14.6. The van der Waals surface area contributed by atoms with Crippen molar-refractivity contribution in [3.63, 3.8) is 0 Å². The van der Waals surface area contributed by atoms with Gasteiger partial charge in [-0.05, 0) is 38.5 Å². The van der Waals surface area contributed by atoms with Crippen molar-refractivity contribution < 1.29 is 14.3 Å². The summed E-state index contributed by atoms with van der Waals surface area (Å²) in [7, 11) is 0. The average molecular weight is 428 g/mol. The van der Waals surface area contributed by atoms with Crippen molar-refractivity contribution in [2.24, 2.45) is 5.92 Å². The van der Waals surface area contributed by atoms with Crippen molar-refractivity contribution in [2.45, 2.75) is 45.1 Å². The number of nitrogens with one attached hydrogen (secondary N) is 1. The van der Waals surface area contributed by atoms with Gasteiger partial charge in [0.15, 0.2) is 0 Å². The lowest BCUT2D eigenvalue weighted by atomic mass is 9.93. The maximum atomic E-state index is 13.0. The van der Waals surface area contributed by atoms with Crippen LogP contribution in [0, 0.1) is 12.8 Å². The molecule has 1 N–H and O–H groups in total.